The molecule has 0 fully saturated rings. The van der Waals surface area contributed by atoms with Crippen LogP contribution in [0.4, 0.5) is 0 Å². The molecule has 0 aliphatic rings. The zero-order valence-electron chi connectivity index (χ0n) is 54.4. The molecule has 0 aromatic carbocycles. The van der Waals surface area contributed by atoms with E-state index in [1.165, 1.54) is 48.5 Å². The Morgan fingerprint density at radius 2 is 0.214 bits per heavy atom. The first kappa shape index (κ1) is 227. The quantitative estimate of drug-likeness (QED) is 0.0918. The summed E-state index contributed by atoms with van der Waals surface area (Å²) in [6.45, 7) is 40.4. The zero-order valence-corrected chi connectivity index (χ0v) is 83.3. The molecule has 0 aromatic rings. The van der Waals surface area contributed by atoms with Gasteiger partial charge in [0.05, 0.1) is 0 Å². The van der Waals surface area contributed by atoms with Gasteiger partial charge in [-0.15, -0.1) is 0 Å². The van der Waals surface area contributed by atoms with Gasteiger partial charge in [-0.2, -0.15) is 0 Å². The maximum atomic E-state index is 8.53. The van der Waals surface area contributed by atoms with Crippen LogP contribution in [0.3, 0.4) is 0 Å². The van der Waals surface area contributed by atoms with Crippen LogP contribution in [0.25, 0.3) is 0 Å². The number of hydrogen-bond acceptors (Lipinski definition) is 23. The van der Waals surface area contributed by atoms with Crippen LogP contribution in [0.5, 0.6) is 0 Å². The van der Waals surface area contributed by atoms with Gasteiger partial charge in [0.1, 0.15) is 31.5 Å². The van der Waals surface area contributed by atoms with E-state index in [0.717, 1.165) is 0 Å². The van der Waals surface area contributed by atoms with Crippen LogP contribution >= 0.6 is 0 Å². The molecule has 2 unspecified atom stereocenters. The molecular weight excluding hydrogens is 2280 g/mol. The van der Waals surface area contributed by atoms with Gasteiger partial charge in [0, 0.05) is 293 Å². The molecule has 0 aliphatic heterocycles. The average Bonchev–Trinajstić information content (AvgIpc) is 2.88. The third-order valence-corrected chi connectivity index (χ3v) is 3.84. The van der Waals surface area contributed by atoms with Gasteiger partial charge in [-0.05, 0) is 159 Å². The summed E-state index contributed by atoms with van der Waals surface area (Å²) in [5.74, 6) is 0. The zero-order chi connectivity index (χ0) is 57.4. The van der Waals surface area contributed by atoms with Crippen molar-refractivity contribution in [2.24, 2.45) is 0 Å². The Morgan fingerprint density at radius 1 is 0.179 bits per heavy atom. The van der Waals surface area contributed by atoms with Crippen LogP contribution in [-0.2, 0) is 189 Å². The van der Waals surface area contributed by atoms with E-state index >= 15 is 0 Å². The number of hydrogen-bond donors (Lipinski definition) is 21. The molecule has 0 amide bonds. The smallest absolute Gasteiger partial charge is 0 e. The van der Waals surface area contributed by atoms with Crippen LogP contribution in [0, 0.1) is 0 Å². The van der Waals surface area contributed by atoms with E-state index in [1.807, 2.05) is 0 Å². The van der Waals surface area contributed by atoms with Gasteiger partial charge in [-0.3, -0.25) is 0 Å². The van der Waals surface area contributed by atoms with Crippen molar-refractivity contribution in [2.75, 3.05) is 0 Å². The molecule has 0 saturated carbocycles. The maximum absolute atomic E-state index is 8.53. The van der Waals surface area contributed by atoms with E-state index in [2.05, 4.69) is 0 Å². The van der Waals surface area contributed by atoms with Gasteiger partial charge >= 0.3 is 67.2 Å². The summed E-state index contributed by atoms with van der Waals surface area (Å²) >= 11 is -1.62. The maximum Gasteiger partial charge on any atom is 0 e. The molecule has 10 radical (unpaired) electrons. The Balaban J connectivity index is -0.00000000987. The predicted molar refractivity (Wildman–Crippen MR) is 305 cm³/mol. The summed E-state index contributed by atoms with van der Waals surface area (Å²) in [6.07, 6.45) is -8.85. The molecule has 33 nitrogen and oxygen atoms in total. The van der Waals surface area contributed by atoms with Crippen molar-refractivity contribution in [3.05, 3.63) is 0 Å². The minimum absolute atomic E-state index is 0. The van der Waals surface area contributed by atoms with E-state index in [1.54, 1.807) is 125 Å². The molecule has 2 atom stereocenters. The summed E-state index contributed by atoms with van der Waals surface area (Å²) in [6, 6.07) is 0. The second-order valence-electron chi connectivity index (χ2n) is 14.5. The normalized spacial score (nSPS) is 7.86. The fourth-order valence-corrected chi connectivity index (χ4v) is 1.47. The van der Waals surface area contributed by atoms with Crippen LogP contribution in [0.2, 0.25) is 0 Å². The van der Waals surface area contributed by atoms with Crippen molar-refractivity contribution in [3.8, 4) is 0 Å². The standard InChI is InChI=1S/9C3H8O.5C2H6O2.2C2H5O2.10H2O.3Pb.7Zr/c9*1-3(2)4;7*1-2(3)4;;;;;;;;;;;;;;;;;;;;/h9*3-4H,1-2H3;5*2-4H,1H3;2*2-3H,1H3;10*1H2;;;;;;;;;;/q;;;;;;;;;;;;;;2*-1;;;;;;;;;;;;;+2;;;;;;;. The van der Waals surface area contributed by atoms with Gasteiger partial charge in [0.2, 0.25) is 0 Å². The van der Waals surface area contributed by atoms with E-state index < -0.39 is 69.2 Å². The van der Waals surface area contributed by atoms with Gasteiger partial charge < -0.3 is 152 Å². The van der Waals surface area contributed by atoms with Gasteiger partial charge in [-0.25, -0.2) is 0 Å². The van der Waals surface area contributed by atoms with Crippen molar-refractivity contribution in [1.82, 2.24) is 0 Å². The topological polar surface area (TPSA) is 758 Å². The number of rotatable bonds is 4. The van der Waals surface area contributed by atoms with Crippen LogP contribution in [0.1, 0.15) is 173 Å². The Hall–Kier alpha value is 7.63. The molecule has 0 aliphatic carbocycles. The minimum Gasteiger partial charge on any atom is -0.412 e. The Kier molecular flexibility index (Phi) is 571. The molecule has 0 spiro atoms. The SMILES string of the molecule is CC(C)O.CC(C)O.CC(C)O.CC(C)O.CC(C)O.CC(C)O.CC(C)O.CC(C)O.CC(C)O.CC(O)O.CC(O)O.CC(O)O.CC(O)O.CC(O)O.CC(O)[O][Pb][O]C(C)O.O.O.O.O.O.O.O.O.O.O.[Pb].[Pb].[Zr].[Zr].[Zr].[Zr].[Zr].[Zr].[Zr]. The van der Waals surface area contributed by atoms with E-state index in [4.69, 9.17) is 113 Å². The minimum atomic E-state index is -1.62. The Labute approximate surface area is 692 Å². The fourth-order valence-electron chi connectivity index (χ4n) is 0.167. The van der Waals surface area contributed by atoms with Gasteiger partial charge in [-0.1, -0.05) is 0 Å². The van der Waals surface area contributed by atoms with Gasteiger partial charge in [0.25, 0.3) is 0 Å². The van der Waals surface area contributed by atoms with Crippen molar-refractivity contribution in [1.29, 1.82) is 0 Å². The first-order valence-electron chi connectivity index (χ1n) is 20.7. The fraction of sp³-hybridized carbons (Fsp3) is 1.00. The first-order valence-corrected chi connectivity index (χ1v) is 23.9. The second kappa shape index (κ2) is 212. The first-order chi connectivity index (χ1) is 28.4. The summed E-state index contributed by atoms with van der Waals surface area (Å²) in [7, 11) is 0. The average molecular weight is 2410 g/mol. The van der Waals surface area contributed by atoms with Crippen LogP contribution < -0.4 is 0 Å². The van der Waals surface area contributed by atoms with Gasteiger partial charge in [0.15, 0.2) is 0 Å². The summed E-state index contributed by atoms with van der Waals surface area (Å²) in [4.78, 5) is 0. The predicted octanol–water partition coefficient (Wildman–Crippen LogP) is -9.73. The molecule has 41 N–H and O–H groups in total. The molecule has 0 heterocycles. The Morgan fingerprint density at radius 3 is 0.238 bits per heavy atom. The molecule has 0 aromatic heterocycles. The molecular formula is C41H132O33Pb3Zr7. The van der Waals surface area contributed by atoms with Crippen molar-refractivity contribution in [2.45, 2.75) is 272 Å². The van der Waals surface area contributed by atoms with Crippen LogP contribution in [-0.4, -0.2) is 341 Å². The van der Waals surface area contributed by atoms with E-state index in [0.29, 0.717) is 0 Å². The number of aliphatic hydroxyl groups excluding tert-OH is 16. The monoisotopic (exact) mass is 2410 g/mol. The van der Waals surface area contributed by atoms with Crippen molar-refractivity contribution >= 4 is 79.7 Å². The molecule has 0 saturated heterocycles. The van der Waals surface area contributed by atoms with Crippen molar-refractivity contribution < 1.29 is 351 Å². The Bertz CT molecular complexity index is 467. The molecule has 534 valence electrons. The van der Waals surface area contributed by atoms with E-state index in [9.17, 15) is 0 Å². The number of aliphatic hydroxyl groups is 21. The summed E-state index contributed by atoms with van der Waals surface area (Å²) < 4.78 is 9.44. The largest absolute Gasteiger partial charge is 0.412 e. The second-order valence-corrected chi connectivity index (χ2v) is 17.0. The third kappa shape index (κ3) is 3790. The molecule has 43 heteroatoms. The molecule has 0 bridgehead atoms. The summed E-state index contributed by atoms with van der Waals surface area (Å²) in [5.41, 5.74) is 0. The molecule has 84 heavy (non-hydrogen) atoms. The van der Waals surface area contributed by atoms with E-state index in [-0.39, 0.29) is 348 Å². The van der Waals surface area contributed by atoms with Crippen LogP contribution in [0.15, 0.2) is 0 Å². The summed E-state index contributed by atoms with van der Waals surface area (Å²) in [5, 5.41) is 166. The molecule has 0 rings (SSSR count). The third-order valence-electron chi connectivity index (χ3n) is 0.437. The van der Waals surface area contributed by atoms with Crippen molar-refractivity contribution in [3.63, 3.8) is 0 Å².